The third kappa shape index (κ3) is 7.65. The summed E-state index contributed by atoms with van der Waals surface area (Å²) in [5, 5.41) is 3.39. The van der Waals surface area contributed by atoms with Gasteiger partial charge in [0.1, 0.15) is 11.5 Å². The lowest BCUT2D eigenvalue weighted by Crippen LogP contribution is -2.46. The van der Waals surface area contributed by atoms with Crippen molar-refractivity contribution in [3.8, 4) is 11.5 Å². The van der Waals surface area contributed by atoms with E-state index in [2.05, 4.69) is 12.2 Å². The van der Waals surface area contributed by atoms with Gasteiger partial charge in [0.05, 0.1) is 25.4 Å². The topological polar surface area (TPSA) is 77.1 Å². The number of hydrogen-bond acceptors (Lipinski definition) is 5. The number of para-hydroxylation sites is 2. The number of nitrogens with zero attached hydrogens (tertiary/aromatic N) is 1. The molecular weight excluding hydrogens is 504 g/mol. The Balaban J connectivity index is 1.27. The highest BCUT2D eigenvalue weighted by Crippen LogP contribution is 2.35. The molecule has 4 rings (SSSR count). The summed E-state index contributed by atoms with van der Waals surface area (Å²) in [6.45, 7) is 3.73. The van der Waals surface area contributed by atoms with Gasteiger partial charge >= 0.3 is 6.09 Å². The number of fused-ring (bicyclic) bond motifs is 1. The lowest BCUT2D eigenvalue weighted by molar-refractivity contribution is -0.127. The molecule has 3 aromatic rings. The van der Waals surface area contributed by atoms with Crippen LogP contribution in [0.4, 0.5) is 10.5 Å². The second-order valence-electron chi connectivity index (χ2n) is 9.08. The minimum absolute atomic E-state index is 0.108. The first-order chi connectivity index (χ1) is 18.5. The maximum atomic E-state index is 13.4. The molecule has 1 N–H and O–H groups in total. The van der Waals surface area contributed by atoms with Crippen LogP contribution in [0.3, 0.4) is 0 Å². The molecule has 1 unspecified atom stereocenters. The number of nitrogens with one attached hydrogen (secondary N) is 1. The highest BCUT2D eigenvalue weighted by atomic mass is 35.5. The van der Waals surface area contributed by atoms with Gasteiger partial charge in [-0.15, -0.1) is 0 Å². The maximum absolute atomic E-state index is 13.4. The molecule has 0 bridgehead atoms. The number of alkyl carbamates (subject to hydrolysis) is 1. The first-order valence-electron chi connectivity index (χ1n) is 13.0. The number of ether oxygens (including phenoxy) is 3. The zero-order chi connectivity index (χ0) is 26.7. The summed E-state index contributed by atoms with van der Waals surface area (Å²) in [7, 11) is 0. The van der Waals surface area contributed by atoms with Gasteiger partial charge in [0.15, 0.2) is 6.10 Å². The Morgan fingerprint density at radius 1 is 1.03 bits per heavy atom. The summed E-state index contributed by atoms with van der Waals surface area (Å²) in [5.74, 6) is 1.27. The molecule has 0 aliphatic carbocycles. The van der Waals surface area contributed by atoms with Crippen molar-refractivity contribution >= 4 is 29.3 Å². The number of benzene rings is 3. The van der Waals surface area contributed by atoms with E-state index in [1.54, 1.807) is 4.90 Å². The molecule has 38 heavy (non-hydrogen) atoms. The molecule has 8 heteroatoms. The minimum atomic E-state index is -0.647. The van der Waals surface area contributed by atoms with Crippen molar-refractivity contribution in [3.63, 3.8) is 0 Å². The van der Waals surface area contributed by atoms with E-state index in [-0.39, 0.29) is 12.0 Å². The number of carbonyl (C=O) groups excluding carboxylic acids is 2. The van der Waals surface area contributed by atoms with Crippen molar-refractivity contribution in [1.29, 1.82) is 0 Å². The molecule has 0 fully saturated rings. The monoisotopic (exact) mass is 536 g/mol. The van der Waals surface area contributed by atoms with Gasteiger partial charge in [0.2, 0.25) is 0 Å². The van der Waals surface area contributed by atoms with Crippen molar-refractivity contribution in [2.24, 2.45) is 0 Å². The molecule has 0 radical (unpaired) electrons. The minimum Gasteiger partial charge on any atom is -0.493 e. The van der Waals surface area contributed by atoms with E-state index < -0.39 is 6.10 Å². The van der Waals surface area contributed by atoms with Crippen LogP contribution in [0.2, 0.25) is 5.02 Å². The van der Waals surface area contributed by atoms with Crippen LogP contribution in [-0.4, -0.2) is 37.9 Å². The third-order valence-electron chi connectivity index (χ3n) is 6.18. The number of unbranched alkanes of at least 4 members (excludes halogenated alkanes) is 1. The number of carbonyl (C=O) groups is 2. The van der Waals surface area contributed by atoms with Gasteiger partial charge in [-0.1, -0.05) is 61.3 Å². The van der Waals surface area contributed by atoms with Gasteiger partial charge in [-0.3, -0.25) is 4.79 Å². The summed E-state index contributed by atoms with van der Waals surface area (Å²) < 4.78 is 17.0. The Kier molecular flexibility index (Phi) is 9.87. The lowest BCUT2D eigenvalue weighted by Gasteiger charge is -2.34. The molecule has 200 valence electrons. The van der Waals surface area contributed by atoms with Crippen LogP contribution in [0, 0.1) is 0 Å². The van der Waals surface area contributed by atoms with E-state index in [4.69, 9.17) is 25.8 Å². The zero-order valence-electron chi connectivity index (χ0n) is 21.5. The van der Waals surface area contributed by atoms with Crippen LogP contribution >= 0.6 is 11.6 Å². The van der Waals surface area contributed by atoms with E-state index in [0.29, 0.717) is 55.7 Å². The van der Waals surface area contributed by atoms with Crippen molar-refractivity contribution in [1.82, 2.24) is 5.32 Å². The largest absolute Gasteiger partial charge is 0.493 e. The van der Waals surface area contributed by atoms with Crippen LogP contribution in [0.5, 0.6) is 11.5 Å². The number of hydrogen-bond donors (Lipinski definition) is 1. The summed E-state index contributed by atoms with van der Waals surface area (Å²) in [6.07, 6.45) is 1.92. The summed E-state index contributed by atoms with van der Waals surface area (Å²) >= 11 is 6.16. The molecule has 1 aliphatic rings. The molecule has 7 nitrogen and oxygen atoms in total. The summed E-state index contributed by atoms with van der Waals surface area (Å²) in [5.41, 5.74) is 2.76. The van der Waals surface area contributed by atoms with Crippen molar-refractivity contribution < 1.29 is 23.8 Å². The van der Waals surface area contributed by atoms with Crippen LogP contribution in [0.1, 0.15) is 37.3 Å². The number of halogens is 1. The molecular formula is C30H33ClN2O5. The molecule has 1 heterocycles. The molecule has 0 saturated carbocycles. The van der Waals surface area contributed by atoms with E-state index >= 15 is 0 Å². The van der Waals surface area contributed by atoms with E-state index in [0.717, 1.165) is 29.7 Å². The van der Waals surface area contributed by atoms with Crippen LogP contribution in [-0.2, 0) is 22.5 Å². The summed E-state index contributed by atoms with van der Waals surface area (Å²) in [4.78, 5) is 26.7. The quantitative estimate of drug-likeness (QED) is 0.280. The Morgan fingerprint density at radius 3 is 2.63 bits per heavy atom. The Morgan fingerprint density at radius 2 is 1.84 bits per heavy atom. The average Bonchev–Trinajstić information content (AvgIpc) is 2.92. The summed E-state index contributed by atoms with van der Waals surface area (Å²) in [6, 6.07) is 22.8. The second-order valence-corrected chi connectivity index (χ2v) is 9.51. The van der Waals surface area contributed by atoms with Crippen molar-refractivity contribution in [2.75, 3.05) is 24.7 Å². The van der Waals surface area contributed by atoms with Gasteiger partial charge in [-0.05, 0) is 60.4 Å². The van der Waals surface area contributed by atoms with Crippen LogP contribution in [0.15, 0.2) is 72.8 Å². The van der Waals surface area contributed by atoms with Gasteiger partial charge in [0.25, 0.3) is 5.91 Å². The Hall–Kier alpha value is -3.71. The van der Waals surface area contributed by atoms with E-state index in [1.165, 1.54) is 0 Å². The first kappa shape index (κ1) is 27.3. The molecule has 1 atom stereocenters. The van der Waals surface area contributed by atoms with Crippen molar-refractivity contribution in [2.45, 2.75) is 45.3 Å². The number of amides is 2. The van der Waals surface area contributed by atoms with Crippen molar-refractivity contribution in [3.05, 3.63) is 88.9 Å². The highest BCUT2D eigenvalue weighted by molar-refractivity contribution is 6.30. The fraction of sp³-hybridized carbons (Fsp3) is 0.333. The van der Waals surface area contributed by atoms with Crippen LogP contribution in [0.25, 0.3) is 0 Å². The predicted octanol–water partition coefficient (Wildman–Crippen LogP) is 6.17. The Labute approximate surface area is 228 Å². The molecule has 0 aromatic heterocycles. The fourth-order valence-corrected chi connectivity index (χ4v) is 4.36. The van der Waals surface area contributed by atoms with Gasteiger partial charge < -0.3 is 24.4 Å². The normalized spacial score (nSPS) is 14.4. The molecule has 2 amide bonds. The van der Waals surface area contributed by atoms with Gasteiger partial charge in [-0.2, -0.15) is 0 Å². The number of rotatable bonds is 12. The predicted molar refractivity (Wildman–Crippen MR) is 148 cm³/mol. The zero-order valence-corrected chi connectivity index (χ0v) is 22.3. The molecule has 0 saturated heterocycles. The molecule has 3 aromatic carbocycles. The second kappa shape index (κ2) is 13.7. The van der Waals surface area contributed by atoms with Crippen LogP contribution < -0.4 is 19.7 Å². The fourth-order valence-electron chi connectivity index (χ4n) is 4.14. The van der Waals surface area contributed by atoms with E-state index in [1.807, 2.05) is 72.8 Å². The average molecular weight is 537 g/mol. The highest BCUT2D eigenvalue weighted by Gasteiger charge is 2.34. The molecule has 1 aliphatic heterocycles. The van der Waals surface area contributed by atoms with Gasteiger partial charge in [0, 0.05) is 18.0 Å². The lowest BCUT2D eigenvalue weighted by atomic mass is 10.1. The standard InChI is InChI=1S/C30H33ClN2O5/c1-2-3-18-37-30(35)32-17-15-22-11-13-25(14-12-22)36-19-16-28-29(34)33(21-23-7-6-8-24(31)20-23)26-9-4-5-10-27(26)38-28/h4-14,20,28H,2-3,15-19,21H2,1H3,(H,32,35). The maximum Gasteiger partial charge on any atom is 0.407 e. The SMILES string of the molecule is CCCCOC(=O)NCCc1ccc(OCCC2Oc3ccccc3N(Cc3cccc(Cl)c3)C2=O)cc1. The Bertz CT molecular complexity index is 1220. The first-order valence-corrected chi connectivity index (χ1v) is 13.3. The number of anilines is 1. The smallest absolute Gasteiger partial charge is 0.407 e. The van der Waals surface area contributed by atoms with Gasteiger partial charge in [-0.25, -0.2) is 4.79 Å². The molecule has 0 spiro atoms. The third-order valence-corrected chi connectivity index (χ3v) is 6.42. The van der Waals surface area contributed by atoms with E-state index in [9.17, 15) is 9.59 Å².